The van der Waals surface area contributed by atoms with Crippen LogP contribution in [-0.4, -0.2) is 30.6 Å². The standard InChI is InChI=1S/C25H25N3O3S/c1-3-31-20-13-9-12-19(16-20)23(29)27-25(32)28(2)22-15-8-7-14-21(22)24(30)26-17-18-10-5-4-6-11-18/h4-16H,3,17H2,1-2H3,(H,26,30)(H,27,29,32). The summed E-state index contributed by atoms with van der Waals surface area (Å²) in [5.74, 6) is 0.0316. The Morgan fingerprint density at radius 1 is 0.938 bits per heavy atom. The van der Waals surface area contributed by atoms with Crippen molar-refractivity contribution in [2.45, 2.75) is 13.5 Å². The number of amides is 2. The number of nitrogens with one attached hydrogen (secondary N) is 2. The maximum Gasteiger partial charge on any atom is 0.257 e. The maximum atomic E-state index is 12.8. The fraction of sp³-hybridized carbons (Fsp3) is 0.160. The first-order chi connectivity index (χ1) is 15.5. The van der Waals surface area contributed by atoms with E-state index in [1.165, 1.54) is 0 Å². The van der Waals surface area contributed by atoms with Gasteiger partial charge in [-0.15, -0.1) is 0 Å². The number of rotatable bonds is 7. The van der Waals surface area contributed by atoms with Crippen LogP contribution in [0.15, 0.2) is 78.9 Å². The normalized spacial score (nSPS) is 10.2. The van der Waals surface area contributed by atoms with Crippen molar-refractivity contribution < 1.29 is 14.3 Å². The summed E-state index contributed by atoms with van der Waals surface area (Å²) in [6.07, 6.45) is 0. The lowest BCUT2D eigenvalue weighted by atomic mass is 10.1. The molecule has 7 heteroatoms. The van der Waals surface area contributed by atoms with E-state index in [1.807, 2.05) is 43.3 Å². The van der Waals surface area contributed by atoms with E-state index in [-0.39, 0.29) is 16.9 Å². The molecular formula is C25H25N3O3S. The van der Waals surface area contributed by atoms with Gasteiger partial charge in [0.05, 0.1) is 17.9 Å². The summed E-state index contributed by atoms with van der Waals surface area (Å²) in [7, 11) is 1.71. The van der Waals surface area contributed by atoms with Crippen molar-refractivity contribution in [3.8, 4) is 5.75 Å². The Hall–Kier alpha value is -3.71. The molecule has 0 aliphatic rings. The van der Waals surface area contributed by atoms with Gasteiger partial charge in [-0.25, -0.2) is 0 Å². The number of hydrogen-bond donors (Lipinski definition) is 2. The van der Waals surface area contributed by atoms with Gasteiger partial charge < -0.3 is 15.0 Å². The van der Waals surface area contributed by atoms with Crippen LogP contribution in [0.25, 0.3) is 0 Å². The quantitative estimate of drug-likeness (QED) is 0.532. The number of nitrogens with zero attached hydrogens (tertiary/aromatic N) is 1. The summed E-state index contributed by atoms with van der Waals surface area (Å²) >= 11 is 5.44. The molecule has 3 aromatic carbocycles. The van der Waals surface area contributed by atoms with Crippen LogP contribution in [0, 0.1) is 0 Å². The minimum Gasteiger partial charge on any atom is -0.494 e. The molecule has 0 radical (unpaired) electrons. The second-order valence-corrected chi connectivity index (χ2v) is 7.35. The molecule has 0 aliphatic carbocycles. The molecule has 0 bridgehead atoms. The Kier molecular flexibility index (Phi) is 7.94. The van der Waals surface area contributed by atoms with Crippen molar-refractivity contribution in [3.05, 3.63) is 95.6 Å². The molecule has 0 aliphatic heterocycles. The highest BCUT2D eigenvalue weighted by Gasteiger charge is 2.18. The molecule has 0 heterocycles. The zero-order chi connectivity index (χ0) is 22.9. The lowest BCUT2D eigenvalue weighted by molar-refractivity contribution is 0.0950. The Morgan fingerprint density at radius 2 is 1.66 bits per heavy atom. The Morgan fingerprint density at radius 3 is 2.41 bits per heavy atom. The van der Waals surface area contributed by atoms with E-state index in [2.05, 4.69) is 10.6 Å². The number of ether oxygens (including phenoxy) is 1. The summed E-state index contributed by atoms with van der Waals surface area (Å²) in [4.78, 5) is 27.1. The molecule has 3 aromatic rings. The van der Waals surface area contributed by atoms with Crippen LogP contribution < -0.4 is 20.3 Å². The van der Waals surface area contributed by atoms with Gasteiger partial charge in [-0.1, -0.05) is 48.5 Å². The van der Waals surface area contributed by atoms with Gasteiger partial charge in [-0.05, 0) is 55.0 Å². The number of hydrogen-bond acceptors (Lipinski definition) is 4. The summed E-state index contributed by atoms with van der Waals surface area (Å²) < 4.78 is 5.45. The summed E-state index contributed by atoms with van der Waals surface area (Å²) in [6, 6.07) is 23.7. The summed E-state index contributed by atoms with van der Waals surface area (Å²) in [5, 5.41) is 5.82. The average molecular weight is 448 g/mol. The molecule has 0 fully saturated rings. The van der Waals surface area contributed by atoms with Gasteiger partial charge >= 0.3 is 0 Å². The topological polar surface area (TPSA) is 70.7 Å². The van der Waals surface area contributed by atoms with Gasteiger partial charge in [-0.2, -0.15) is 0 Å². The van der Waals surface area contributed by atoms with E-state index in [9.17, 15) is 9.59 Å². The number of benzene rings is 3. The molecule has 0 aromatic heterocycles. The van der Waals surface area contributed by atoms with Crippen LogP contribution in [-0.2, 0) is 6.54 Å². The molecule has 2 N–H and O–H groups in total. The van der Waals surface area contributed by atoms with Gasteiger partial charge in [0.25, 0.3) is 11.8 Å². The molecule has 0 saturated carbocycles. The predicted octanol–water partition coefficient (Wildman–Crippen LogP) is 4.17. The Balaban J connectivity index is 1.69. The molecule has 3 rings (SSSR count). The maximum absolute atomic E-state index is 12.8. The molecule has 164 valence electrons. The highest BCUT2D eigenvalue weighted by atomic mass is 32.1. The zero-order valence-electron chi connectivity index (χ0n) is 18.0. The van der Waals surface area contributed by atoms with Gasteiger partial charge in [0.2, 0.25) is 0 Å². The fourth-order valence-electron chi connectivity index (χ4n) is 3.09. The van der Waals surface area contributed by atoms with Crippen molar-refractivity contribution in [1.29, 1.82) is 0 Å². The molecule has 0 spiro atoms. The third-order valence-electron chi connectivity index (χ3n) is 4.74. The van der Waals surface area contributed by atoms with Crippen LogP contribution in [0.1, 0.15) is 33.2 Å². The van der Waals surface area contributed by atoms with Crippen molar-refractivity contribution in [1.82, 2.24) is 10.6 Å². The largest absolute Gasteiger partial charge is 0.494 e. The van der Waals surface area contributed by atoms with E-state index < -0.39 is 0 Å². The monoisotopic (exact) mass is 447 g/mol. The van der Waals surface area contributed by atoms with Gasteiger partial charge in [0, 0.05) is 19.2 Å². The van der Waals surface area contributed by atoms with Crippen LogP contribution in [0.5, 0.6) is 5.75 Å². The highest BCUT2D eigenvalue weighted by molar-refractivity contribution is 7.80. The molecule has 0 atom stereocenters. The van der Waals surface area contributed by atoms with Crippen LogP contribution in [0.3, 0.4) is 0 Å². The van der Waals surface area contributed by atoms with Crippen LogP contribution in [0.2, 0.25) is 0 Å². The van der Waals surface area contributed by atoms with E-state index in [4.69, 9.17) is 17.0 Å². The molecular weight excluding hydrogens is 422 g/mol. The lowest BCUT2D eigenvalue weighted by Gasteiger charge is -2.23. The fourth-order valence-corrected chi connectivity index (χ4v) is 3.28. The van der Waals surface area contributed by atoms with Crippen molar-refractivity contribution >= 4 is 34.8 Å². The Bertz CT molecular complexity index is 1100. The molecule has 0 unspecified atom stereocenters. The zero-order valence-corrected chi connectivity index (χ0v) is 18.8. The summed E-state index contributed by atoms with van der Waals surface area (Å²) in [5.41, 5.74) is 2.48. The number of para-hydroxylation sites is 1. The van der Waals surface area contributed by atoms with Crippen molar-refractivity contribution in [3.63, 3.8) is 0 Å². The average Bonchev–Trinajstić information content (AvgIpc) is 2.83. The van der Waals surface area contributed by atoms with Gasteiger partial charge in [0.1, 0.15) is 5.75 Å². The van der Waals surface area contributed by atoms with Crippen LogP contribution in [0.4, 0.5) is 5.69 Å². The van der Waals surface area contributed by atoms with Crippen LogP contribution >= 0.6 is 12.2 Å². The SMILES string of the molecule is CCOc1cccc(C(=O)NC(=S)N(C)c2ccccc2C(=O)NCc2ccccc2)c1. The van der Waals surface area contributed by atoms with Gasteiger partial charge in [-0.3, -0.25) is 14.9 Å². The number of carbonyl (C=O) groups excluding carboxylic acids is 2. The van der Waals surface area contributed by atoms with E-state index in [0.29, 0.717) is 35.7 Å². The predicted molar refractivity (Wildman–Crippen MR) is 130 cm³/mol. The van der Waals surface area contributed by atoms with Gasteiger partial charge in [0.15, 0.2) is 5.11 Å². The smallest absolute Gasteiger partial charge is 0.257 e. The molecule has 2 amide bonds. The Labute approximate surface area is 193 Å². The lowest BCUT2D eigenvalue weighted by Crippen LogP contribution is -2.41. The van der Waals surface area contributed by atoms with Crippen molar-refractivity contribution in [2.75, 3.05) is 18.6 Å². The van der Waals surface area contributed by atoms with E-state index in [1.54, 1.807) is 54.4 Å². The second kappa shape index (κ2) is 11.1. The number of carbonyl (C=O) groups is 2. The minimum atomic E-state index is -0.352. The van der Waals surface area contributed by atoms with Crippen molar-refractivity contribution in [2.24, 2.45) is 0 Å². The first-order valence-corrected chi connectivity index (χ1v) is 10.6. The second-order valence-electron chi connectivity index (χ2n) is 6.96. The van der Waals surface area contributed by atoms with E-state index in [0.717, 1.165) is 5.56 Å². The molecule has 0 saturated heterocycles. The number of anilines is 1. The summed E-state index contributed by atoms with van der Waals surface area (Å²) in [6.45, 7) is 2.80. The first-order valence-electron chi connectivity index (χ1n) is 10.2. The molecule has 6 nitrogen and oxygen atoms in total. The minimum absolute atomic E-state index is 0.181. The third kappa shape index (κ3) is 5.92. The molecule has 32 heavy (non-hydrogen) atoms. The third-order valence-corrected chi connectivity index (χ3v) is 5.11. The number of thiocarbonyl (C=S) groups is 1. The van der Waals surface area contributed by atoms with E-state index >= 15 is 0 Å². The highest BCUT2D eigenvalue weighted by Crippen LogP contribution is 2.20. The first kappa shape index (κ1) is 23.0.